The molecule has 9 heteroatoms. The van der Waals surface area contributed by atoms with E-state index in [0.717, 1.165) is 17.6 Å². The van der Waals surface area contributed by atoms with Gasteiger partial charge in [0.1, 0.15) is 5.75 Å². The third-order valence-electron chi connectivity index (χ3n) is 5.56. The second-order valence-electron chi connectivity index (χ2n) is 8.09. The summed E-state index contributed by atoms with van der Waals surface area (Å²) in [5, 5.41) is 1.39. The van der Waals surface area contributed by atoms with Gasteiger partial charge in [0.15, 0.2) is 0 Å². The number of amides is 2. The predicted molar refractivity (Wildman–Crippen MR) is 126 cm³/mol. The SMILES string of the molecule is O=C(N1C=C(c2ccc(OC(F)(F)F)cc2)CC=CN1)N1CCC=C[C@H]1COCc1ccccc1. The number of hydrogen-bond acceptors (Lipinski definition) is 4. The monoisotopic (exact) mass is 485 g/mol. The summed E-state index contributed by atoms with van der Waals surface area (Å²) in [7, 11) is 0. The molecule has 1 atom stereocenters. The van der Waals surface area contributed by atoms with Gasteiger partial charge in [-0.2, -0.15) is 0 Å². The van der Waals surface area contributed by atoms with Gasteiger partial charge >= 0.3 is 12.4 Å². The van der Waals surface area contributed by atoms with Gasteiger partial charge in [-0.25, -0.2) is 9.80 Å². The van der Waals surface area contributed by atoms with E-state index in [0.29, 0.717) is 31.7 Å². The highest BCUT2D eigenvalue weighted by atomic mass is 19.4. The average molecular weight is 486 g/mol. The van der Waals surface area contributed by atoms with E-state index in [1.165, 1.54) is 17.1 Å². The summed E-state index contributed by atoms with van der Waals surface area (Å²) in [6.45, 7) is 1.36. The van der Waals surface area contributed by atoms with E-state index in [2.05, 4.69) is 10.2 Å². The number of carbonyl (C=O) groups is 1. The number of hydrazine groups is 1. The van der Waals surface area contributed by atoms with E-state index in [1.807, 2.05) is 48.6 Å². The average Bonchev–Trinajstić information content (AvgIpc) is 3.11. The van der Waals surface area contributed by atoms with E-state index in [1.54, 1.807) is 29.4 Å². The molecule has 2 heterocycles. The quantitative estimate of drug-likeness (QED) is 0.540. The molecule has 0 unspecified atom stereocenters. The van der Waals surface area contributed by atoms with Crippen molar-refractivity contribution < 1.29 is 27.4 Å². The molecule has 0 radical (unpaired) electrons. The Bertz CT molecular complexity index is 1080. The summed E-state index contributed by atoms with van der Waals surface area (Å²) in [5.74, 6) is -0.296. The Kier molecular flexibility index (Phi) is 7.77. The third-order valence-corrected chi connectivity index (χ3v) is 5.56. The van der Waals surface area contributed by atoms with Gasteiger partial charge in [-0.15, -0.1) is 13.2 Å². The predicted octanol–water partition coefficient (Wildman–Crippen LogP) is 5.62. The van der Waals surface area contributed by atoms with Crippen LogP contribution >= 0.6 is 0 Å². The number of halogens is 3. The highest BCUT2D eigenvalue weighted by molar-refractivity contribution is 5.79. The van der Waals surface area contributed by atoms with Gasteiger partial charge in [0.2, 0.25) is 0 Å². The van der Waals surface area contributed by atoms with Crippen molar-refractivity contribution in [2.45, 2.75) is 31.9 Å². The minimum atomic E-state index is -4.75. The maximum absolute atomic E-state index is 13.4. The van der Waals surface area contributed by atoms with Crippen LogP contribution in [-0.4, -0.2) is 41.5 Å². The number of urea groups is 1. The Morgan fingerprint density at radius 1 is 1.06 bits per heavy atom. The Hall–Kier alpha value is -3.72. The van der Waals surface area contributed by atoms with Crippen molar-refractivity contribution in [3.8, 4) is 5.75 Å². The number of benzene rings is 2. The molecule has 4 rings (SSSR count). The molecule has 2 amide bonds. The largest absolute Gasteiger partial charge is 0.573 e. The van der Waals surface area contributed by atoms with E-state index in [9.17, 15) is 18.0 Å². The zero-order valence-corrected chi connectivity index (χ0v) is 18.9. The zero-order valence-electron chi connectivity index (χ0n) is 18.9. The Morgan fingerprint density at radius 3 is 2.57 bits per heavy atom. The normalized spacial score (nSPS) is 18.0. The van der Waals surface area contributed by atoms with E-state index >= 15 is 0 Å². The number of nitrogens with zero attached hydrogens (tertiary/aromatic N) is 2. The first-order valence-corrected chi connectivity index (χ1v) is 11.3. The third kappa shape index (κ3) is 6.89. The second-order valence-corrected chi connectivity index (χ2v) is 8.09. The van der Waals surface area contributed by atoms with Gasteiger partial charge in [-0.3, -0.25) is 5.43 Å². The first-order valence-electron chi connectivity index (χ1n) is 11.3. The molecule has 0 fully saturated rings. The molecule has 2 aromatic carbocycles. The minimum absolute atomic E-state index is 0.218. The summed E-state index contributed by atoms with van der Waals surface area (Å²) in [6.07, 6.45) is 5.69. The first-order chi connectivity index (χ1) is 16.9. The summed E-state index contributed by atoms with van der Waals surface area (Å²) >= 11 is 0. The lowest BCUT2D eigenvalue weighted by molar-refractivity contribution is -0.274. The van der Waals surface area contributed by atoms with Crippen LogP contribution < -0.4 is 10.2 Å². The van der Waals surface area contributed by atoms with E-state index < -0.39 is 6.36 Å². The highest BCUT2D eigenvalue weighted by Gasteiger charge is 2.31. The highest BCUT2D eigenvalue weighted by Crippen LogP contribution is 2.27. The minimum Gasteiger partial charge on any atom is -0.406 e. The molecule has 6 nitrogen and oxygen atoms in total. The molecule has 0 aliphatic carbocycles. The van der Waals surface area contributed by atoms with E-state index in [4.69, 9.17) is 4.74 Å². The van der Waals surface area contributed by atoms with Crippen LogP contribution in [0.2, 0.25) is 0 Å². The van der Waals surface area contributed by atoms with Crippen molar-refractivity contribution >= 4 is 11.6 Å². The second kappa shape index (κ2) is 11.1. The molecule has 0 saturated carbocycles. The molecule has 2 aliphatic heterocycles. The number of carbonyl (C=O) groups excluding carboxylic acids is 1. The van der Waals surface area contributed by atoms with Gasteiger partial charge in [0, 0.05) is 18.9 Å². The van der Waals surface area contributed by atoms with Crippen molar-refractivity contribution in [1.82, 2.24) is 15.3 Å². The van der Waals surface area contributed by atoms with Crippen LogP contribution in [0.1, 0.15) is 24.0 Å². The van der Waals surface area contributed by atoms with Crippen LogP contribution in [0.3, 0.4) is 0 Å². The Labute approximate surface area is 201 Å². The standard InChI is InChI=1S/C26H26F3N3O3/c27-26(28,29)35-24-13-11-21(12-14-24)22-9-6-15-30-32(17-22)25(33)31-16-5-4-10-23(31)19-34-18-20-7-2-1-3-8-20/h1-4,6-8,10-15,17,23,30H,5,9,16,18-19H2/t23-/m0/s1. The summed E-state index contributed by atoms with van der Waals surface area (Å²) in [4.78, 5) is 15.2. The lowest BCUT2D eigenvalue weighted by Gasteiger charge is -2.35. The van der Waals surface area contributed by atoms with Crippen LogP contribution in [0.4, 0.5) is 18.0 Å². The number of alkyl halides is 3. The molecule has 35 heavy (non-hydrogen) atoms. The van der Waals surface area contributed by atoms with Crippen molar-refractivity contribution in [3.63, 3.8) is 0 Å². The van der Waals surface area contributed by atoms with Crippen molar-refractivity contribution in [2.75, 3.05) is 13.2 Å². The van der Waals surface area contributed by atoms with Crippen LogP contribution in [-0.2, 0) is 11.3 Å². The summed E-state index contributed by atoms with van der Waals surface area (Å²) < 4.78 is 47.2. The molecule has 2 aromatic rings. The molecule has 0 aromatic heterocycles. The molecular formula is C26H26F3N3O3. The molecule has 2 aliphatic rings. The maximum Gasteiger partial charge on any atom is 0.573 e. The van der Waals surface area contributed by atoms with Crippen molar-refractivity contribution in [2.24, 2.45) is 0 Å². The first kappa shape index (κ1) is 24.4. The number of nitrogens with one attached hydrogen (secondary N) is 1. The van der Waals surface area contributed by atoms with Gasteiger partial charge in [-0.1, -0.05) is 60.7 Å². The smallest absolute Gasteiger partial charge is 0.406 e. The number of hydrogen-bond donors (Lipinski definition) is 1. The Balaban J connectivity index is 1.44. The van der Waals surface area contributed by atoms with Crippen LogP contribution in [0.15, 0.2) is 85.2 Å². The van der Waals surface area contributed by atoms with Crippen LogP contribution in [0.25, 0.3) is 5.57 Å². The maximum atomic E-state index is 13.4. The van der Waals surface area contributed by atoms with Gasteiger partial charge in [0.05, 0.1) is 19.3 Å². The van der Waals surface area contributed by atoms with Gasteiger partial charge in [0.25, 0.3) is 0 Å². The lowest BCUT2D eigenvalue weighted by Crippen LogP contribution is -2.51. The molecular weight excluding hydrogens is 459 g/mol. The van der Waals surface area contributed by atoms with Gasteiger partial charge in [-0.05, 0) is 41.7 Å². The number of ether oxygens (including phenoxy) is 2. The van der Waals surface area contributed by atoms with Gasteiger partial charge < -0.3 is 14.4 Å². The lowest BCUT2D eigenvalue weighted by atomic mass is 10.0. The summed E-state index contributed by atoms with van der Waals surface area (Å²) in [6, 6.07) is 15.0. The fraction of sp³-hybridized carbons (Fsp3) is 0.269. The molecule has 0 bridgehead atoms. The summed E-state index contributed by atoms with van der Waals surface area (Å²) in [5.41, 5.74) is 5.48. The molecule has 1 N–H and O–H groups in total. The van der Waals surface area contributed by atoms with Crippen LogP contribution in [0.5, 0.6) is 5.75 Å². The molecule has 0 spiro atoms. The number of rotatable bonds is 6. The Morgan fingerprint density at radius 2 is 1.83 bits per heavy atom. The molecule has 184 valence electrons. The van der Waals surface area contributed by atoms with Crippen molar-refractivity contribution in [1.29, 1.82) is 0 Å². The zero-order chi connectivity index (χ0) is 24.7. The molecule has 0 saturated heterocycles. The van der Waals surface area contributed by atoms with Crippen LogP contribution in [0, 0.1) is 0 Å². The fourth-order valence-electron chi connectivity index (χ4n) is 3.87. The number of allylic oxidation sites excluding steroid dienone is 2. The van der Waals surface area contributed by atoms with E-state index in [-0.39, 0.29) is 17.8 Å². The fourth-order valence-corrected chi connectivity index (χ4v) is 3.87. The van der Waals surface area contributed by atoms with Crippen molar-refractivity contribution in [3.05, 3.63) is 96.4 Å². The topological polar surface area (TPSA) is 54.0 Å².